The van der Waals surface area contributed by atoms with Crippen LogP contribution in [0.2, 0.25) is 0 Å². The second-order valence-corrected chi connectivity index (χ2v) is 9.35. The molecule has 0 spiro atoms. The number of anilines is 2. The first kappa shape index (κ1) is 29.0. The Labute approximate surface area is 227 Å². The van der Waals surface area contributed by atoms with Gasteiger partial charge in [-0.3, -0.25) is 10.2 Å². The maximum Gasteiger partial charge on any atom is 0.344 e. The minimum atomic E-state index is -1.15. The van der Waals surface area contributed by atoms with Crippen molar-refractivity contribution < 1.29 is 29.3 Å². The molecule has 0 saturated carbocycles. The molecule has 0 aliphatic carbocycles. The first-order valence-electron chi connectivity index (χ1n) is 12.4. The van der Waals surface area contributed by atoms with Gasteiger partial charge in [0, 0.05) is 29.0 Å². The molecule has 7 N–H and O–H groups in total. The van der Waals surface area contributed by atoms with E-state index >= 15 is 0 Å². The van der Waals surface area contributed by atoms with Crippen molar-refractivity contribution >= 4 is 29.1 Å². The average molecular weight is 535 g/mol. The van der Waals surface area contributed by atoms with E-state index < -0.39 is 12.1 Å². The van der Waals surface area contributed by atoms with Crippen molar-refractivity contribution in [2.75, 3.05) is 10.6 Å². The fourth-order valence-corrected chi connectivity index (χ4v) is 3.77. The maximum absolute atomic E-state index is 13.2. The van der Waals surface area contributed by atoms with Gasteiger partial charge in [0.15, 0.2) is 17.6 Å². The van der Waals surface area contributed by atoms with E-state index in [0.29, 0.717) is 39.4 Å². The zero-order chi connectivity index (χ0) is 28.7. The quantitative estimate of drug-likeness (QED) is 0.148. The van der Waals surface area contributed by atoms with E-state index in [0.717, 1.165) is 5.56 Å². The van der Waals surface area contributed by atoms with Gasteiger partial charge in [0.1, 0.15) is 5.84 Å². The van der Waals surface area contributed by atoms with Crippen LogP contribution in [0, 0.1) is 12.3 Å². The lowest BCUT2D eigenvalue weighted by molar-refractivity contribution is -0.144. The third kappa shape index (κ3) is 7.71. The summed E-state index contributed by atoms with van der Waals surface area (Å²) in [6.07, 6.45) is -1.37. The van der Waals surface area contributed by atoms with Crippen molar-refractivity contribution in [2.45, 2.75) is 53.1 Å². The highest BCUT2D eigenvalue weighted by atomic mass is 16.5. The number of nitrogens with two attached hydrogens (primary N) is 1. The van der Waals surface area contributed by atoms with Gasteiger partial charge < -0.3 is 36.1 Å². The van der Waals surface area contributed by atoms with E-state index in [2.05, 4.69) is 10.6 Å². The molecule has 0 heterocycles. The van der Waals surface area contributed by atoms with Gasteiger partial charge in [-0.1, -0.05) is 11.6 Å². The molecule has 1 atom stereocenters. The Morgan fingerprint density at radius 2 is 1.72 bits per heavy atom. The number of hydrogen-bond donors (Lipinski definition) is 6. The number of amides is 1. The number of aliphatic hydroxyl groups is 1. The second-order valence-electron chi connectivity index (χ2n) is 9.35. The number of carboxylic acids is 1. The Bertz CT molecular complexity index is 1350. The minimum Gasteiger partial charge on any atom is -0.487 e. The highest BCUT2D eigenvalue weighted by Crippen LogP contribution is 2.36. The molecule has 0 radical (unpaired) electrons. The number of benzene rings is 3. The lowest BCUT2D eigenvalue weighted by Gasteiger charge is -2.22. The predicted molar refractivity (Wildman–Crippen MR) is 150 cm³/mol. The number of hydrogen-bond acceptors (Lipinski definition) is 7. The smallest absolute Gasteiger partial charge is 0.344 e. The molecule has 10 nitrogen and oxygen atoms in total. The summed E-state index contributed by atoms with van der Waals surface area (Å²) in [7, 11) is 0. The number of amidine groups is 1. The van der Waals surface area contributed by atoms with Gasteiger partial charge in [-0.25, -0.2) is 4.79 Å². The topological polar surface area (TPSA) is 167 Å². The summed E-state index contributed by atoms with van der Waals surface area (Å²) >= 11 is 0. The summed E-state index contributed by atoms with van der Waals surface area (Å²) in [6, 6.07) is 15.4. The standard InChI is InChI=1S/C29H34N4O6/c1-16(2)38-25-13-19(15-34)12-21(26(25)39-18(4)29(36)37)14-32-24-10-5-17(3)11-23(24)28(35)33-22-8-6-20(7-9-22)27(30)31/h5-13,16,18,32,34H,14-15H2,1-4H3,(H3,30,31)(H,33,35)(H,36,37). The van der Waals surface area contributed by atoms with Crippen molar-refractivity contribution in [3.63, 3.8) is 0 Å². The van der Waals surface area contributed by atoms with Crippen LogP contribution >= 0.6 is 0 Å². The maximum atomic E-state index is 13.2. The third-order valence-corrected chi connectivity index (χ3v) is 5.72. The van der Waals surface area contributed by atoms with Gasteiger partial charge in [-0.15, -0.1) is 0 Å². The summed E-state index contributed by atoms with van der Waals surface area (Å²) in [5.74, 6) is -0.985. The molecule has 0 bridgehead atoms. The Balaban J connectivity index is 1.92. The molecule has 3 rings (SSSR count). The molecule has 39 heavy (non-hydrogen) atoms. The summed E-state index contributed by atoms with van der Waals surface area (Å²) in [4.78, 5) is 24.7. The van der Waals surface area contributed by atoms with Crippen LogP contribution in [0.4, 0.5) is 11.4 Å². The first-order valence-corrected chi connectivity index (χ1v) is 12.4. The highest BCUT2D eigenvalue weighted by Gasteiger charge is 2.21. The van der Waals surface area contributed by atoms with Crippen molar-refractivity contribution in [1.29, 1.82) is 5.41 Å². The normalized spacial score (nSPS) is 11.5. The molecular formula is C29H34N4O6. The third-order valence-electron chi connectivity index (χ3n) is 5.72. The predicted octanol–water partition coefficient (Wildman–Crippen LogP) is 4.27. The van der Waals surface area contributed by atoms with Crippen molar-refractivity contribution in [3.8, 4) is 11.5 Å². The zero-order valence-corrected chi connectivity index (χ0v) is 22.4. The first-order chi connectivity index (χ1) is 18.5. The van der Waals surface area contributed by atoms with E-state index in [1.165, 1.54) is 6.92 Å². The number of nitrogen functional groups attached to an aromatic ring is 1. The summed E-state index contributed by atoms with van der Waals surface area (Å²) in [6.45, 7) is 6.86. The van der Waals surface area contributed by atoms with Gasteiger partial charge in [0.25, 0.3) is 5.91 Å². The van der Waals surface area contributed by atoms with Crippen molar-refractivity contribution in [2.24, 2.45) is 5.73 Å². The molecule has 10 heteroatoms. The molecule has 3 aromatic rings. The number of nitrogens with one attached hydrogen (secondary N) is 3. The molecular weight excluding hydrogens is 500 g/mol. The average Bonchev–Trinajstić information content (AvgIpc) is 2.88. The van der Waals surface area contributed by atoms with Gasteiger partial charge in [-0.2, -0.15) is 0 Å². The van der Waals surface area contributed by atoms with Crippen molar-refractivity contribution in [3.05, 3.63) is 82.4 Å². The number of carbonyl (C=O) groups excluding carboxylic acids is 1. The lowest BCUT2D eigenvalue weighted by Crippen LogP contribution is -2.24. The molecule has 206 valence electrons. The molecule has 0 aliphatic heterocycles. The minimum absolute atomic E-state index is 0.0636. The van der Waals surface area contributed by atoms with Crippen LogP contribution in [0.1, 0.15) is 53.4 Å². The van der Waals surface area contributed by atoms with Crippen LogP contribution in [0.25, 0.3) is 0 Å². The van der Waals surface area contributed by atoms with E-state index in [1.807, 2.05) is 26.8 Å². The van der Waals surface area contributed by atoms with Crippen LogP contribution in [0.5, 0.6) is 11.5 Å². The number of carboxylic acid groups (broad SMARTS) is 1. The fourth-order valence-electron chi connectivity index (χ4n) is 3.77. The van der Waals surface area contributed by atoms with Gasteiger partial charge in [0.2, 0.25) is 0 Å². The monoisotopic (exact) mass is 534 g/mol. The number of ether oxygens (including phenoxy) is 2. The van der Waals surface area contributed by atoms with Crippen molar-refractivity contribution in [1.82, 2.24) is 0 Å². The zero-order valence-electron chi connectivity index (χ0n) is 22.4. The summed E-state index contributed by atoms with van der Waals surface area (Å²) in [5, 5.41) is 32.9. The number of aryl methyl sites for hydroxylation is 1. The second kappa shape index (κ2) is 12.8. The number of aliphatic carboxylic acids is 1. The van der Waals surface area contributed by atoms with Crippen LogP contribution < -0.4 is 25.8 Å². The highest BCUT2D eigenvalue weighted by molar-refractivity contribution is 6.08. The van der Waals surface area contributed by atoms with Crippen LogP contribution in [-0.4, -0.2) is 40.1 Å². The molecule has 0 aliphatic rings. The lowest BCUT2D eigenvalue weighted by atomic mass is 10.1. The number of rotatable bonds is 12. The van der Waals surface area contributed by atoms with Crippen LogP contribution in [-0.2, 0) is 17.9 Å². The Morgan fingerprint density at radius 3 is 2.31 bits per heavy atom. The van der Waals surface area contributed by atoms with Gasteiger partial charge in [0.05, 0.1) is 18.3 Å². The van der Waals surface area contributed by atoms with E-state index in [4.69, 9.17) is 20.6 Å². The molecule has 1 amide bonds. The van der Waals surface area contributed by atoms with E-state index in [1.54, 1.807) is 48.5 Å². The molecule has 0 saturated heterocycles. The van der Waals surface area contributed by atoms with E-state index in [9.17, 15) is 19.8 Å². The Hall–Kier alpha value is -4.57. The summed E-state index contributed by atoms with van der Waals surface area (Å²) < 4.78 is 11.7. The van der Waals surface area contributed by atoms with Crippen LogP contribution in [0.3, 0.4) is 0 Å². The van der Waals surface area contributed by atoms with Crippen LogP contribution in [0.15, 0.2) is 54.6 Å². The Morgan fingerprint density at radius 1 is 1.03 bits per heavy atom. The van der Waals surface area contributed by atoms with E-state index in [-0.39, 0.29) is 36.7 Å². The fraction of sp³-hybridized carbons (Fsp3) is 0.276. The summed E-state index contributed by atoms with van der Waals surface area (Å²) in [5.41, 5.74) is 9.53. The van der Waals surface area contributed by atoms with Gasteiger partial charge in [-0.05, 0) is 81.8 Å². The number of aliphatic hydroxyl groups excluding tert-OH is 1. The SMILES string of the molecule is Cc1ccc(NCc2cc(CO)cc(OC(C)C)c2OC(C)C(=O)O)c(C(=O)Nc2ccc(C(=N)N)cc2)c1. The molecule has 0 aromatic heterocycles. The Kier molecular flexibility index (Phi) is 9.51. The molecule has 3 aromatic carbocycles. The molecule has 1 unspecified atom stereocenters. The van der Waals surface area contributed by atoms with Gasteiger partial charge >= 0.3 is 5.97 Å². The molecule has 0 fully saturated rings. The number of carbonyl (C=O) groups is 2. The largest absolute Gasteiger partial charge is 0.487 e.